The fourth-order valence-electron chi connectivity index (χ4n) is 3.66. The molecule has 1 saturated heterocycles. The lowest BCUT2D eigenvalue weighted by atomic mass is 10.1. The Morgan fingerprint density at radius 1 is 1.12 bits per heavy atom. The largest absolute Gasteiger partial charge is 0.339 e. The van der Waals surface area contributed by atoms with Crippen LogP contribution in [0.4, 0.5) is 0 Å². The molecule has 5 nitrogen and oxygen atoms in total. The zero-order chi connectivity index (χ0) is 17.0. The van der Waals surface area contributed by atoms with Gasteiger partial charge in [0, 0.05) is 24.0 Å². The van der Waals surface area contributed by atoms with E-state index in [1.807, 2.05) is 51.8 Å². The minimum absolute atomic E-state index is 0.0899. The van der Waals surface area contributed by atoms with Crippen molar-refractivity contribution in [2.75, 3.05) is 13.1 Å². The van der Waals surface area contributed by atoms with Gasteiger partial charge in [-0.3, -0.25) is 9.20 Å². The molecule has 1 fully saturated rings. The highest BCUT2D eigenvalue weighted by Gasteiger charge is 2.20. The predicted octanol–water partition coefficient (Wildman–Crippen LogP) is 3.93. The van der Waals surface area contributed by atoms with E-state index >= 15 is 0 Å². The normalized spacial score (nSPS) is 14.8. The second-order valence-corrected chi connectivity index (χ2v) is 6.84. The lowest BCUT2D eigenvalue weighted by Gasteiger charge is -2.15. The van der Waals surface area contributed by atoms with Gasteiger partial charge in [-0.1, -0.05) is 12.1 Å². The smallest absolute Gasteiger partial charge is 0.253 e. The van der Waals surface area contributed by atoms with Crippen LogP contribution in [0.15, 0.2) is 42.5 Å². The summed E-state index contributed by atoms with van der Waals surface area (Å²) in [4.78, 5) is 22.6. The number of carbonyl (C=O) groups excluding carboxylic acids is 1. The summed E-state index contributed by atoms with van der Waals surface area (Å²) in [6.07, 6.45) is 2.17. The summed E-state index contributed by atoms with van der Waals surface area (Å²) in [5.41, 5.74) is 4.25. The van der Waals surface area contributed by atoms with E-state index in [1.165, 1.54) is 0 Å². The van der Waals surface area contributed by atoms with E-state index in [0.717, 1.165) is 53.5 Å². The van der Waals surface area contributed by atoms with Crippen molar-refractivity contribution in [1.29, 1.82) is 0 Å². The number of rotatable bonds is 1. The zero-order valence-corrected chi connectivity index (χ0v) is 14.3. The Hall–Kier alpha value is -2.73. The number of likely N-dealkylation sites (tertiary alicyclic amines) is 1. The number of benzene rings is 2. The van der Waals surface area contributed by atoms with Gasteiger partial charge in [-0.05, 0) is 55.4 Å². The predicted molar refractivity (Wildman–Crippen MR) is 101 cm³/mol. The van der Waals surface area contributed by atoms with Crippen LogP contribution in [0.3, 0.4) is 0 Å². The van der Waals surface area contributed by atoms with Gasteiger partial charge < -0.3 is 9.88 Å². The van der Waals surface area contributed by atoms with Crippen LogP contribution in [0.25, 0.3) is 27.6 Å². The zero-order valence-electron chi connectivity index (χ0n) is 13.5. The van der Waals surface area contributed by atoms with E-state index in [9.17, 15) is 4.79 Å². The summed E-state index contributed by atoms with van der Waals surface area (Å²) in [7, 11) is 0. The molecule has 0 atom stereocenters. The fourth-order valence-corrected chi connectivity index (χ4v) is 3.96. The minimum atomic E-state index is 0.0899. The Morgan fingerprint density at radius 2 is 1.92 bits per heavy atom. The topological polar surface area (TPSA) is 53.4 Å². The quantitative estimate of drug-likeness (QED) is 0.530. The van der Waals surface area contributed by atoms with E-state index in [2.05, 4.69) is 4.98 Å². The van der Waals surface area contributed by atoms with Crippen LogP contribution in [0.1, 0.15) is 23.2 Å². The van der Waals surface area contributed by atoms with Crippen molar-refractivity contribution in [3.8, 4) is 0 Å². The van der Waals surface area contributed by atoms with Crippen molar-refractivity contribution >= 4 is 45.7 Å². The van der Waals surface area contributed by atoms with E-state index < -0.39 is 0 Å². The summed E-state index contributed by atoms with van der Waals surface area (Å²) in [5.74, 6) is 0.0899. The van der Waals surface area contributed by atoms with Gasteiger partial charge in [0.15, 0.2) is 4.77 Å². The number of amides is 1. The van der Waals surface area contributed by atoms with Crippen molar-refractivity contribution in [2.45, 2.75) is 12.8 Å². The summed E-state index contributed by atoms with van der Waals surface area (Å²) in [6.45, 7) is 1.69. The number of imidazole rings is 1. The van der Waals surface area contributed by atoms with E-state index in [1.54, 1.807) is 0 Å². The van der Waals surface area contributed by atoms with Crippen LogP contribution < -0.4 is 0 Å². The lowest BCUT2D eigenvalue weighted by Crippen LogP contribution is -2.27. The molecular formula is C19H16N4OS. The van der Waals surface area contributed by atoms with E-state index in [-0.39, 0.29) is 5.91 Å². The first-order chi connectivity index (χ1) is 12.2. The molecule has 0 radical (unpaired) electrons. The van der Waals surface area contributed by atoms with Crippen LogP contribution in [-0.2, 0) is 0 Å². The van der Waals surface area contributed by atoms with E-state index in [4.69, 9.17) is 17.2 Å². The molecule has 2 aromatic carbocycles. The van der Waals surface area contributed by atoms with Gasteiger partial charge in [0.1, 0.15) is 5.65 Å². The van der Waals surface area contributed by atoms with Crippen LogP contribution in [0.5, 0.6) is 0 Å². The molecule has 1 N–H and O–H groups in total. The number of hydrogen-bond donors (Lipinski definition) is 1. The number of nitrogens with zero attached hydrogens (tertiary/aromatic N) is 3. The van der Waals surface area contributed by atoms with Crippen molar-refractivity contribution in [1.82, 2.24) is 19.3 Å². The number of fused-ring (bicyclic) bond motifs is 5. The molecule has 5 rings (SSSR count). The Kier molecular flexibility index (Phi) is 3.15. The Morgan fingerprint density at radius 3 is 2.76 bits per heavy atom. The number of aromatic nitrogens is 3. The number of hydrogen-bond acceptors (Lipinski definition) is 3. The lowest BCUT2D eigenvalue weighted by molar-refractivity contribution is 0.0793. The molecule has 3 heterocycles. The van der Waals surface area contributed by atoms with Crippen LogP contribution >= 0.6 is 12.2 Å². The summed E-state index contributed by atoms with van der Waals surface area (Å²) >= 11 is 5.55. The molecule has 1 amide bonds. The van der Waals surface area contributed by atoms with Crippen molar-refractivity contribution in [2.24, 2.45) is 0 Å². The molecule has 1 aliphatic rings. The third-order valence-electron chi connectivity index (χ3n) is 4.91. The highest BCUT2D eigenvalue weighted by molar-refractivity contribution is 7.71. The van der Waals surface area contributed by atoms with Crippen molar-refractivity contribution < 1.29 is 4.79 Å². The Balaban J connectivity index is 1.75. The van der Waals surface area contributed by atoms with E-state index in [0.29, 0.717) is 10.3 Å². The number of aromatic amines is 1. The second kappa shape index (κ2) is 5.39. The SMILES string of the molecule is O=C(c1ccc2c(c1)[nH]c(=S)n1c3ccccc3nc21)N1CCCC1. The highest BCUT2D eigenvalue weighted by atomic mass is 32.1. The first-order valence-electron chi connectivity index (χ1n) is 8.45. The average molecular weight is 348 g/mol. The maximum absolute atomic E-state index is 12.6. The molecule has 0 aliphatic carbocycles. The monoisotopic (exact) mass is 348 g/mol. The maximum Gasteiger partial charge on any atom is 0.253 e. The standard InChI is InChI=1S/C19H16N4OS/c24-18(22-9-3-4-10-22)12-7-8-13-15(11-12)21-19(25)23-16-6-2-1-5-14(16)20-17(13)23/h1-2,5-8,11H,3-4,9-10H2,(H,21,25). The van der Waals surface area contributed by atoms with Gasteiger partial charge >= 0.3 is 0 Å². The van der Waals surface area contributed by atoms with Crippen LogP contribution in [0, 0.1) is 4.77 Å². The van der Waals surface area contributed by atoms with Gasteiger partial charge in [0.2, 0.25) is 0 Å². The molecule has 0 bridgehead atoms. The number of nitrogens with one attached hydrogen (secondary N) is 1. The first-order valence-corrected chi connectivity index (χ1v) is 8.86. The van der Waals surface area contributed by atoms with Crippen LogP contribution in [0.2, 0.25) is 0 Å². The number of H-pyrrole nitrogens is 1. The Labute approximate surface area is 148 Å². The van der Waals surface area contributed by atoms with Crippen LogP contribution in [-0.4, -0.2) is 38.3 Å². The molecule has 1 aliphatic heterocycles. The number of carbonyl (C=O) groups is 1. The molecule has 25 heavy (non-hydrogen) atoms. The third kappa shape index (κ3) is 2.17. The van der Waals surface area contributed by atoms with Crippen molar-refractivity contribution in [3.63, 3.8) is 0 Å². The van der Waals surface area contributed by atoms with Gasteiger partial charge in [-0.2, -0.15) is 0 Å². The fraction of sp³-hybridized carbons (Fsp3) is 0.211. The molecule has 0 spiro atoms. The minimum Gasteiger partial charge on any atom is -0.339 e. The second-order valence-electron chi connectivity index (χ2n) is 6.45. The molecule has 4 aromatic rings. The molecule has 124 valence electrons. The Bertz CT molecular complexity index is 1200. The molecular weight excluding hydrogens is 332 g/mol. The van der Waals surface area contributed by atoms with Gasteiger partial charge in [0.25, 0.3) is 5.91 Å². The van der Waals surface area contributed by atoms with Gasteiger partial charge in [0.05, 0.1) is 16.6 Å². The summed E-state index contributed by atoms with van der Waals surface area (Å²) < 4.78 is 2.54. The average Bonchev–Trinajstić information content (AvgIpc) is 3.28. The molecule has 0 unspecified atom stereocenters. The molecule has 6 heteroatoms. The maximum atomic E-state index is 12.6. The molecule has 0 saturated carbocycles. The first kappa shape index (κ1) is 14.6. The summed E-state index contributed by atoms with van der Waals surface area (Å²) in [6, 6.07) is 13.7. The van der Waals surface area contributed by atoms with Crippen molar-refractivity contribution in [3.05, 3.63) is 52.8 Å². The highest BCUT2D eigenvalue weighted by Crippen LogP contribution is 2.25. The van der Waals surface area contributed by atoms with Gasteiger partial charge in [-0.15, -0.1) is 0 Å². The third-order valence-corrected chi connectivity index (χ3v) is 5.19. The summed E-state index contributed by atoms with van der Waals surface area (Å²) in [5, 5.41) is 0.961. The number of para-hydroxylation sites is 2. The van der Waals surface area contributed by atoms with Gasteiger partial charge in [-0.25, -0.2) is 4.98 Å². The molecule has 2 aromatic heterocycles.